The van der Waals surface area contributed by atoms with Gasteiger partial charge in [0.2, 0.25) is 5.91 Å². The smallest absolute Gasteiger partial charge is 1.00 e. The van der Waals surface area contributed by atoms with Gasteiger partial charge < -0.3 is 12.1 Å². The maximum Gasteiger partial charge on any atom is 1.00 e. The predicted molar refractivity (Wildman–Crippen MR) is 115 cm³/mol. The molecule has 25 heavy (non-hydrogen) atoms. The van der Waals surface area contributed by atoms with Gasteiger partial charge in [-0.3, -0.25) is 4.79 Å². The quantitative estimate of drug-likeness (QED) is 0.726. The molecular formula is C20H48AlLiN2O. The molecule has 1 amide bonds. The van der Waals surface area contributed by atoms with Crippen LogP contribution in [0.3, 0.4) is 0 Å². The van der Waals surface area contributed by atoms with Gasteiger partial charge in [0, 0.05) is 25.0 Å². The Morgan fingerprint density at radius 1 is 0.680 bits per heavy atom. The first-order valence-electron chi connectivity index (χ1n) is 8.83. The summed E-state index contributed by atoms with van der Waals surface area (Å²) in [5.41, 5.74) is 0.711. The van der Waals surface area contributed by atoms with Crippen molar-refractivity contribution in [2.45, 2.75) is 83.1 Å². The van der Waals surface area contributed by atoms with E-state index in [1.807, 2.05) is 20.8 Å². The Balaban J connectivity index is -0.000000102. The van der Waals surface area contributed by atoms with Gasteiger partial charge in [0.1, 0.15) is 0 Å². The minimum atomic E-state index is -0.273. The molecule has 0 rings (SSSR count). The van der Waals surface area contributed by atoms with Gasteiger partial charge >= 0.3 is 18.9 Å². The Morgan fingerprint density at radius 3 is 1.16 bits per heavy atom. The fourth-order valence-electron chi connectivity index (χ4n) is 1.42. The molecule has 0 saturated heterocycles. The summed E-state index contributed by atoms with van der Waals surface area (Å²) < 4.78 is 0. The SMILES string of the molecule is CC(C)(C)CNC(=O)C(C)(C)C.CC(C)(C)CNCC(C)(C)C.[AlH3].[H-].[Li+]. The van der Waals surface area contributed by atoms with Crippen molar-refractivity contribution in [2.24, 2.45) is 21.7 Å². The van der Waals surface area contributed by atoms with Crippen LogP contribution >= 0.6 is 0 Å². The van der Waals surface area contributed by atoms with Crippen molar-refractivity contribution in [3.05, 3.63) is 0 Å². The number of carbonyl (C=O) groups is 1. The van der Waals surface area contributed by atoms with Crippen molar-refractivity contribution in [3.8, 4) is 0 Å². The maximum absolute atomic E-state index is 11.4. The number of amides is 1. The van der Waals surface area contributed by atoms with E-state index < -0.39 is 0 Å². The molecule has 2 N–H and O–H groups in total. The molecule has 0 aliphatic rings. The molecule has 0 aromatic rings. The molecule has 3 nitrogen and oxygen atoms in total. The van der Waals surface area contributed by atoms with Crippen molar-refractivity contribution in [2.75, 3.05) is 19.6 Å². The average molecular weight is 367 g/mol. The zero-order valence-corrected chi connectivity index (χ0v) is 19.0. The number of hydrogen-bond donors (Lipinski definition) is 2. The standard InChI is InChI=1S/C10H21NO.C10H23N.Al.Li.4H/c1-9(2,3)7-11-8(12)10(4,5)6;1-9(2,3)7-11-8-10(4,5)6;;;;;;/h7H2,1-6H3,(H,11,12);11H,7-8H2,1-6H3;;;;;;/q;;;+1;;;;-1. The van der Waals surface area contributed by atoms with Crippen LogP contribution in [0.4, 0.5) is 0 Å². The van der Waals surface area contributed by atoms with Gasteiger partial charge in [-0.1, -0.05) is 83.1 Å². The van der Waals surface area contributed by atoms with Crippen LogP contribution in [-0.2, 0) is 4.79 Å². The Labute approximate surface area is 183 Å². The van der Waals surface area contributed by atoms with Crippen molar-refractivity contribution < 1.29 is 25.1 Å². The van der Waals surface area contributed by atoms with Crippen LogP contribution in [0.1, 0.15) is 84.5 Å². The molecule has 0 heterocycles. The van der Waals surface area contributed by atoms with Crippen molar-refractivity contribution in [3.63, 3.8) is 0 Å². The fraction of sp³-hybridized carbons (Fsp3) is 0.950. The predicted octanol–water partition coefficient (Wildman–Crippen LogP) is 0.796. The van der Waals surface area contributed by atoms with Crippen LogP contribution in [0.5, 0.6) is 0 Å². The van der Waals surface area contributed by atoms with Crippen molar-refractivity contribution in [1.82, 2.24) is 10.6 Å². The number of nitrogens with one attached hydrogen (secondary N) is 2. The van der Waals surface area contributed by atoms with E-state index in [1.54, 1.807) is 0 Å². The fourth-order valence-corrected chi connectivity index (χ4v) is 1.42. The number of hydrogen-bond acceptors (Lipinski definition) is 2. The molecule has 0 aromatic carbocycles. The van der Waals surface area contributed by atoms with Gasteiger partial charge in [-0.2, -0.15) is 0 Å². The summed E-state index contributed by atoms with van der Waals surface area (Å²) in [6.45, 7) is 28.5. The molecule has 5 heteroatoms. The van der Waals surface area contributed by atoms with Gasteiger partial charge in [-0.05, 0) is 16.2 Å². The van der Waals surface area contributed by atoms with Gasteiger partial charge in [-0.15, -0.1) is 0 Å². The molecule has 0 aliphatic heterocycles. The largest absolute Gasteiger partial charge is 1.00 e. The maximum atomic E-state index is 11.4. The van der Waals surface area contributed by atoms with Gasteiger partial charge in [-0.25, -0.2) is 0 Å². The third-order valence-corrected chi connectivity index (χ3v) is 2.77. The topological polar surface area (TPSA) is 41.1 Å². The molecule has 0 radical (unpaired) electrons. The molecule has 0 aromatic heterocycles. The molecule has 0 atom stereocenters. The van der Waals surface area contributed by atoms with Gasteiger partial charge in [0.15, 0.2) is 17.4 Å². The molecule has 0 saturated carbocycles. The summed E-state index contributed by atoms with van der Waals surface area (Å²) in [4.78, 5) is 11.4. The van der Waals surface area contributed by atoms with E-state index in [0.29, 0.717) is 10.8 Å². The van der Waals surface area contributed by atoms with Crippen LogP contribution in [0.15, 0.2) is 0 Å². The van der Waals surface area contributed by atoms with E-state index in [0.717, 1.165) is 19.6 Å². The van der Waals surface area contributed by atoms with Crippen LogP contribution in [0.25, 0.3) is 0 Å². The minimum Gasteiger partial charge on any atom is -1.00 e. The van der Waals surface area contributed by atoms with Crippen LogP contribution in [0, 0.1) is 21.7 Å². The molecule has 0 unspecified atom stereocenters. The van der Waals surface area contributed by atoms with Crippen LogP contribution < -0.4 is 29.5 Å². The Kier molecular flexibility index (Phi) is 17.1. The first-order valence-corrected chi connectivity index (χ1v) is 8.83. The second-order valence-corrected chi connectivity index (χ2v) is 11.2. The summed E-state index contributed by atoms with van der Waals surface area (Å²) in [5, 5.41) is 6.39. The minimum absolute atomic E-state index is 0. The second-order valence-electron chi connectivity index (χ2n) is 11.2. The average Bonchev–Trinajstić information content (AvgIpc) is 2.20. The summed E-state index contributed by atoms with van der Waals surface area (Å²) >= 11 is 0. The number of carbonyl (C=O) groups excluding carboxylic acids is 1. The monoisotopic (exact) mass is 366 g/mol. The molecule has 0 spiro atoms. The molecule has 0 bridgehead atoms. The summed E-state index contributed by atoms with van der Waals surface area (Å²) in [5.74, 6) is 0.123. The van der Waals surface area contributed by atoms with Crippen LogP contribution in [0.2, 0.25) is 0 Å². The van der Waals surface area contributed by atoms with E-state index in [2.05, 4.69) is 72.9 Å². The van der Waals surface area contributed by atoms with E-state index in [-0.39, 0.29) is 54.4 Å². The third-order valence-electron chi connectivity index (χ3n) is 2.77. The van der Waals surface area contributed by atoms with E-state index >= 15 is 0 Å². The van der Waals surface area contributed by atoms with Crippen LogP contribution in [-0.4, -0.2) is 42.9 Å². The summed E-state index contributed by atoms with van der Waals surface area (Å²) in [7, 11) is 0. The summed E-state index contributed by atoms with van der Waals surface area (Å²) in [6.07, 6.45) is 0. The third kappa shape index (κ3) is 29.6. The Bertz CT molecular complexity index is 337. The zero-order valence-electron chi connectivity index (χ0n) is 20.0. The van der Waals surface area contributed by atoms with Gasteiger partial charge in [0.05, 0.1) is 0 Å². The van der Waals surface area contributed by atoms with Crippen molar-refractivity contribution in [1.29, 1.82) is 0 Å². The molecule has 148 valence electrons. The molecule has 0 fully saturated rings. The Morgan fingerprint density at radius 2 is 0.960 bits per heavy atom. The zero-order chi connectivity index (χ0) is 19.1. The molecular weight excluding hydrogens is 318 g/mol. The summed E-state index contributed by atoms with van der Waals surface area (Å²) in [6, 6.07) is 0. The molecule has 0 aliphatic carbocycles. The van der Waals surface area contributed by atoms with Gasteiger partial charge in [0.25, 0.3) is 0 Å². The number of rotatable bonds is 3. The second kappa shape index (κ2) is 12.9. The first-order chi connectivity index (χ1) is 9.83. The van der Waals surface area contributed by atoms with E-state index in [9.17, 15) is 4.79 Å². The normalized spacial score (nSPS) is 12.2. The van der Waals surface area contributed by atoms with Crippen molar-refractivity contribution >= 4 is 23.3 Å². The first kappa shape index (κ1) is 33.2. The van der Waals surface area contributed by atoms with E-state index in [4.69, 9.17) is 0 Å². The Hall–Kier alpha value is 0.560. The van der Waals surface area contributed by atoms with E-state index in [1.165, 1.54) is 0 Å².